The predicted molar refractivity (Wildman–Crippen MR) is 72.6 cm³/mol. The van der Waals surface area contributed by atoms with Crippen LogP contribution in [0.2, 0.25) is 0 Å². The van der Waals surface area contributed by atoms with Gasteiger partial charge in [0, 0.05) is 55.0 Å². The first-order valence-corrected chi connectivity index (χ1v) is 7.83. The number of nitrogens with one attached hydrogen (secondary N) is 1. The highest BCUT2D eigenvalue weighted by Gasteiger charge is 2.21. The van der Waals surface area contributed by atoms with Gasteiger partial charge in [-0.3, -0.25) is 13.9 Å². The van der Waals surface area contributed by atoms with Gasteiger partial charge in [0.1, 0.15) is 0 Å². The standard InChI is InChI=1S/C11H21N3O4S/c1-2-19(18)8-3-12-11(17)14-6-4-13(5-7-14)9-10(15)16/h2-9H2,1H3,(H,12,17)(H,15,16). The Morgan fingerprint density at radius 3 is 2.42 bits per heavy atom. The molecule has 2 amide bonds. The van der Waals surface area contributed by atoms with Crippen molar-refractivity contribution < 1.29 is 18.9 Å². The highest BCUT2D eigenvalue weighted by atomic mass is 32.2. The first-order chi connectivity index (χ1) is 9.02. The number of aliphatic carboxylic acids is 1. The van der Waals surface area contributed by atoms with Gasteiger partial charge in [0.25, 0.3) is 0 Å². The molecule has 0 aliphatic carbocycles. The van der Waals surface area contributed by atoms with Crippen LogP contribution in [0.5, 0.6) is 0 Å². The van der Waals surface area contributed by atoms with Crippen molar-refractivity contribution in [3.05, 3.63) is 0 Å². The van der Waals surface area contributed by atoms with Crippen LogP contribution in [0.3, 0.4) is 0 Å². The second-order valence-electron chi connectivity index (χ2n) is 4.32. The molecule has 0 bridgehead atoms. The van der Waals surface area contributed by atoms with Crippen LogP contribution in [-0.4, -0.2) is 81.9 Å². The smallest absolute Gasteiger partial charge is 0.317 e. The van der Waals surface area contributed by atoms with Crippen molar-refractivity contribution in [2.75, 3.05) is 50.8 Å². The maximum Gasteiger partial charge on any atom is 0.317 e. The van der Waals surface area contributed by atoms with Crippen LogP contribution < -0.4 is 5.32 Å². The lowest BCUT2D eigenvalue weighted by Crippen LogP contribution is -2.53. The molecule has 1 unspecified atom stereocenters. The van der Waals surface area contributed by atoms with Gasteiger partial charge in [-0.05, 0) is 0 Å². The predicted octanol–water partition coefficient (Wildman–Crippen LogP) is -0.833. The summed E-state index contributed by atoms with van der Waals surface area (Å²) in [7, 11) is -0.868. The highest BCUT2D eigenvalue weighted by molar-refractivity contribution is 7.84. The van der Waals surface area contributed by atoms with E-state index in [4.69, 9.17) is 5.11 Å². The molecular formula is C11H21N3O4S. The fourth-order valence-corrected chi connectivity index (χ4v) is 2.45. The van der Waals surface area contributed by atoms with E-state index in [1.807, 2.05) is 6.92 Å². The lowest BCUT2D eigenvalue weighted by atomic mass is 10.3. The second-order valence-corrected chi connectivity index (χ2v) is 6.19. The van der Waals surface area contributed by atoms with E-state index < -0.39 is 16.8 Å². The Kier molecular flexibility index (Phi) is 6.79. The third-order valence-corrected chi connectivity index (χ3v) is 4.25. The molecule has 0 aromatic heterocycles. The molecule has 7 nitrogen and oxygen atoms in total. The minimum atomic E-state index is -0.868. The molecule has 1 saturated heterocycles. The lowest BCUT2D eigenvalue weighted by molar-refractivity contribution is -0.138. The minimum absolute atomic E-state index is 0.0188. The molecule has 1 atom stereocenters. The Bertz CT molecular complexity index is 343. The summed E-state index contributed by atoms with van der Waals surface area (Å²) in [5.74, 6) is 0.227. The molecular weight excluding hydrogens is 270 g/mol. The third kappa shape index (κ3) is 6.02. The van der Waals surface area contributed by atoms with E-state index in [-0.39, 0.29) is 12.6 Å². The number of carboxylic acids is 1. The van der Waals surface area contributed by atoms with Gasteiger partial charge in [0.05, 0.1) is 6.54 Å². The van der Waals surface area contributed by atoms with Gasteiger partial charge < -0.3 is 15.3 Å². The first kappa shape index (κ1) is 15.9. The number of urea groups is 1. The van der Waals surface area contributed by atoms with Gasteiger partial charge in [-0.15, -0.1) is 0 Å². The molecule has 0 aromatic rings. The quantitative estimate of drug-likeness (QED) is 0.666. The van der Waals surface area contributed by atoms with Crippen LogP contribution in [0.1, 0.15) is 6.92 Å². The number of carboxylic acid groups (broad SMARTS) is 1. The average Bonchev–Trinajstić information content (AvgIpc) is 2.38. The van der Waals surface area contributed by atoms with Crippen LogP contribution in [-0.2, 0) is 15.6 Å². The van der Waals surface area contributed by atoms with Crippen LogP contribution in [0.4, 0.5) is 4.79 Å². The van der Waals surface area contributed by atoms with E-state index in [0.717, 1.165) is 0 Å². The Labute approximate surface area is 115 Å². The van der Waals surface area contributed by atoms with Crippen molar-refractivity contribution in [1.82, 2.24) is 15.1 Å². The molecule has 0 aromatic carbocycles. The van der Waals surface area contributed by atoms with Crippen molar-refractivity contribution in [1.29, 1.82) is 0 Å². The lowest BCUT2D eigenvalue weighted by Gasteiger charge is -2.33. The van der Waals surface area contributed by atoms with Crippen LogP contribution in [0.25, 0.3) is 0 Å². The van der Waals surface area contributed by atoms with Crippen LogP contribution >= 0.6 is 0 Å². The van der Waals surface area contributed by atoms with Crippen LogP contribution in [0, 0.1) is 0 Å². The van der Waals surface area contributed by atoms with Gasteiger partial charge in [-0.1, -0.05) is 6.92 Å². The second kappa shape index (κ2) is 8.11. The number of piperazine rings is 1. The van der Waals surface area contributed by atoms with Crippen molar-refractivity contribution in [3.8, 4) is 0 Å². The Morgan fingerprint density at radius 2 is 1.89 bits per heavy atom. The Balaban J connectivity index is 2.21. The van der Waals surface area contributed by atoms with Gasteiger partial charge >= 0.3 is 12.0 Å². The number of carbonyl (C=O) groups is 2. The van der Waals surface area contributed by atoms with Crippen LogP contribution in [0.15, 0.2) is 0 Å². The molecule has 0 spiro atoms. The average molecular weight is 291 g/mol. The summed E-state index contributed by atoms with van der Waals surface area (Å²) in [6, 6.07) is -0.164. The summed E-state index contributed by atoms with van der Waals surface area (Å²) in [5.41, 5.74) is 0. The van der Waals surface area contributed by atoms with Crippen molar-refractivity contribution >= 4 is 22.8 Å². The van der Waals surface area contributed by atoms with Crippen molar-refractivity contribution in [3.63, 3.8) is 0 Å². The van der Waals surface area contributed by atoms with E-state index in [1.54, 1.807) is 9.80 Å². The van der Waals surface area contributed by atoms with E-state index >= 15 is 0 Å². The first-order valence-electron chi connectivity index (χ1n) is 6.34. The maximum absolute atomic E-state index is 11.8. The van der Waals surface area contributed by atoms with Gasteiger partial charge in [0.2, 0.25) is 0 Å². The SMILES string of the molecule is CCS(=O)CCNC(=O)N1CCN(CC(=O)O)CC1. The zero-order chi connectivity index (χ0) is 14.3. The van der Waals surface area contributed by atoms with E-state index in [9.17, 15) is 13.8 Å². The number of amides is 2. The molecule has 0 radical (unpaired) electrons. The number of hydrogen-bond donors (Lipinski definition) is 2. The number of hydrogen-bond acceptors (Lipinski definition) is 4. The summed E-state index contributed by atoms with van der Waals surface area (Å²) in [4.78, 5) is 25.8. The largest absolute Gasteiger partial charge is 0.480 e. The summed E-state index contributed by atoms with van der Waals surface area (Å²) >= 11 is 0. The zero-order valence-corrected chi connectivity index (χ0v) is 11.9. The molecule has 2 N–H and O–H groups in total. The van der Waals surface area contributed by atoms with E-state index in [2.05, 4.69) is 5.32 Å². The molecule has 1 fully saturated rings. The van der Waals surface area contributed by atoms with Gasteiger partial charge in [-0.25, -0.2) is 4.79 Å². The highest BCUT2D eigenvalue weighted by Crippen LogP contribution is 2.01. The molecule has 1 aliphatic rings. The Hall–Kier alpha value is -1.15. The molecule has 1 rings (SSSR count). The zero-order valence-electron chi connectivity index (χ0n) is 11.1. The fourth-order valence-electron chi connectivity index (χ4n) is 1.83. The fraction of sp³-hybridized carbons (Fsp3) is 0.818. The third-order valence-electron chi connectivity index (χ3n) is 2.95. The molecule has 0 saturated carbocycles. The molecule has 110 valence electrons. The number of nitrogens with zero attached hydrogens (tertiary/aromatic N) is 2. The molecule has 1 aliphatic heterocycles. The topological polar surface area (TPSA) is 90.0 Å². The number of rotatable bonds is 6. The summed E-state index contributed by atoms with van der Waals surface area (Å²) in [5, 5.41) is 11.4. The van der Waals surface area contributed by atoms with Crippen molar-refractivity contribution in [2.45, 2.75) is 6.92 Å². The van der Waals surface area contributed by atoms with E-state index in [0.29, 0.717) is 44.2 Å². The van der Waals surface area contributed by atoms with E-state index in [1.165, 1.54) is 0 Å². The summed E-state index contributed by atoms with van der Waals surface area (Å²) < 4.78 is 11.2. The monoisotopic (exact) mass is 291 g/mol. The van der Waals surface area contributed by atoms with Gasteiger partial charge in [-0.2, -0.15) is 0 Å². The minimum Gasteiger partial charge on any atom is -0.480 e. The Morgan fingerprint density at radius 1 is 1.26 bits per heavy atom. The molecule has 8 heteroatoms. The number of carbonyl (C=O) groups excluding carboxylic acids is 1. The maximum atomic E-state index is 11.8. The van der Waals surface area contributed by atoms with Gasteiger partial charge in [0.15, 0.2) is 0 Å². The van der Waals surface area contributed by atoms with Crippen molar-refractivity contribution in [2.24, 2.45) is 0 Å². The molecule has 19 heavy (non-hydrogen) atoms. The summed E-state index contributed by atoms with van der Waals surface area (Å²) in [6.45, 7) is 4.46. The molecule has 1 heterocycles. The normalized spacial score (nSPS) is 18.1. The summed E-state index contributed by atoms with van der Waals surface area (Å²) in [6.07, 6.45) is 0.